The van der Waals surface area contributed by atoms with Gasteiger partial charge in [-0.15, -0.1) is 0 Å². The molecule has 94 valence electrons. The van der Waals surface area contributed by atoms with E-state index in [-0.39, 0.29) is 18.2 Å². The number of furan rings is 1. The maximum absolute atomic E-state index is 11.8. The van der Waals surface area contributed by atoms with Crippen molar-refractivity contribution in [3.63, 3.8) is 0 Å². The van der Waals surface area contributed by atoms with Gasteiger partial charge in [-0.3, -0.25) is 4.79 Å². The van der Waals surface area contributed by atoms with E-state index in [4.69, 9.17) is 14.9 Å². The molecule has 0 bridgehead atoms. The lowest BCUT2D eigenvalue weighted by Gasteiger charge is -2.03. The Hall–Kier alpha value is -2.34. The normalized spacial score (nSPS) is 10.1. The number of nitrogens with one attached hydrogen (secondary N) is 1. The standard InChI is InChI=1S/C12H13N3O3/c1-17-11-5-2-8(7-14-11)15-12(16)10-4-3-9(6-13)18-10/h2-5,7H,6,13H2,1H3,(H,15,16). The fraction of sp³-hybridized carbons (Fsp3) is 0.167. The molecule has 1 amide bonds. The molecule has 0 aliphatic carbocycles. The Morgan fingerprint density at radius 2 is 2.28 bits per heavy atom. The Bertz CT molecular complexity index is 534. The van der Waals surface area contributed by atoms with Crippen molar-refractivity contribution >= 4 is 11.6 Å². The number of hydrogen-bond donors (Lipinski definition) is 2. The number of ether oxygens (including phenoxy) is 1. The van der Waals surface area contributed by atoms with E-state index in [0.29, 0.717) is 17.3 Å². The largest absolute Gasteiger partial charge is 0.481 e. The number of carbonyl (C=O) groups is 1. The Morgan fingerprint density at radius 3 is 2.83 bits per heavy atom. The lowest BCUT2D eigenvalue weighted by atomic mass is 10.3. The van der Waals surface area contributed by atoms with Crippen LogP contribution in [0.4, 0.5) is 5.69 Å². The highest BCUT2D eigenvalue weighted by Crippen LogP contribution is 2.13. The number of nitrogens with zero attached hydrogens (tertiary/aromatic N) is 1. The second kappa shape index (κ2) is 5.33. The molecule has 0 aliphatic rings. The molecule has 0 spiro atoms. The molecule has 0 aliphatic heterocycles. The van der Waals surface area contributed by atoms with Crippen molar-refractivity contribution < 1.29 is 13.9 Å². The van der Waals surface area contributed by atoms with Crippen LogP contribution in [0.2, 0.25) is 0 Å². The molecule has 2 rings (SSSR count). The first kappa shape index (κ1) is 12.1. The number of hydrogen-bond acceptors (Lipinski definition) is 5. The van der Waals surface area contributed by atoms with Crippen molar-refractivity contribution in [3.8, 4) is 5.88 Å². The van der Waals surface area contributed by atoms with Crippen LogP contribution in [0.1, 0.15) is 16.3 Å². The summed E-state index contributed by atoms with van der Waals surface area (Å²) in [5.41, 5.74) is 5.96. The van der Waals surface area contributed by atoms with Crippen molar-refractivity contribution in [2.24, 2.45) is 5.73 Å². The van der Waals surface area contributed by atoms with Crippen LogP contribution in [0.5, 0.6) is 5.88 Å². The van der Waals surface area contributed by atoms with Gasteiger partial charge in [-0.05, 0) is 18.2 Å². The zero-order valence-electron chi connectivity index (χ0n) is 9.84. The minimum Gasteiger partial charge on any atom is -0.481 e. The Kier molecular flexibility index (Phi) is 3.59. The average Bonchev–Trinajstić information content (AvgIpc) is 2.88. The maximum Gasteiger partial charge on any atom is 0.291 e. The van der Waals surface area contributed by atoms with E-state index < -0.39 is 0 Å². The minimum absolute atomic E-state index is 0.214. The summed E-state index contributed by atoms with van der Waals surface area (Å²) in [6.07, 6.45) is 1.50. The molecule has 0 unspecified atom stereocenters. The summed E-state index contributed by atoms with van der Waals surface area (Å²) in [7, 11) is 1.53. The van der Waals surface area contributed by atoms with Gasteiger partial charge in [-0.2, -0.15) is 0 Å². The quantitative estimate of drug-likeness (QED) is 0.852. The number of nitrogens with two attached hydrogens (primary N) is 1. The van der Waals surface area contributed by atoms with Crippen molar-refractivity contribution in [2.45, 2.75) is 6.54 Å². The van der Waals surface area contributed by atoms with Gasteiger partial charge < -0.3 is 20.2 Å². The van der Waals surface area contributed by atoms with Crippen molar-refractivity contribution in [1.82, 2.24) is 4.98 Å². The van der Waals surface area contributed by atoms with E-state index in [0.717, 1.165) is 0 Å². The molecule has 0 saturated heterocycles. The molecular formula is C12H13N3O3. The van der Waals surface area contributed by atoms with Gasteiger partial charge in [-0.1, -0.05) is 0 Å². The number of rotatable bonds is 4. The monoisotopic (exact) mass is 247 g/mol. The molecule has 6 nitrogen and oxygen atoms in total. The first-order valence-electron chi connectivity index (χ1n) is 5.33. The molecule has 0 radical (unpaired) electrons. The Labute approximate surface area is 104 Å². The Balaban J connectivity index is 2.06. The molecule has 2 aromatic rings. The molecule has 2 heterocycles. The zero-order valence-corrected chi connectivity index (χ0v) is 9.84. The highest BCUT2D eigenvalue weighted by Gasteiger charge is 2.11. The van der Waals surface area contributed by atoms with Crippen LogP contribution in [-0.4, -0.2) is 18.0 Å². The summed E-state index contributed by atoms with van der Waals surface area (Å²) < 4.78 is 10.2. The number of methoxy groups -OCH3 is 1. The van der Waals surface area contributed by atoms with Gasteiger partial charge in [-0.25, -0.2) is 4.98 Å². The van der Waals surface area contributed by atoms with Crippen LogP contribution in [0, 0.1) is 0 Å². The number of aromatic nitrogens is 1. The second-order valence-electron chi connectivity index (χ2n) is 3.51. The predicted octanol–water partition coefficient (Wildman–Crippen LogP) is 1.39. The summed E-state index contributed by atoms with van der Waals surface area (Å²) in [6.45, 7) is 0.261. The average molecular weight is 247 g/mol. The van der Waals surface area contributed by atoms with Gasteiger partial charge in [0.2, 0.25) is 5.88 Å². The fourth-order valence-electron chi connectivity index (χ4n) is 1.38. The highest BCUT2D eigenvalue weighted by atomic mass is 16.5. The van der Waals surface area contributed by atoms with Crippen LogP contribution in [0.25, 0.3) is 0 Å². The van der Waals surface area contributed by atoms with E-state index in [9.17, 15) is 4.79 Å². The summed E-state index contributed by atoms with van der Waals surface area (Å²) in [6, 6.07) is 6.59. The molecule has 0 atom stereocenters. The van der Waals surface area contributed by atoms with Gasteiger partial charge in [0.25, 0.3) is 5.91 Å². The van der Waals surface area contributed by atoms with Gasteiger partial charge in [0, 0.05) is 6.07 Å². The third kappa shape index (κ3) is 2.67. The smallest absolute Gasteiger partial charge is 0.291 e. The SMILES string of the molecule is COc1ccc(NC(=O)c2ccc(CN)o2)cn1. The van der Waals surface area contributed by atoms with E-state index in [1.54, 1.807) is 24.3 Å². The van der Waals surface area contributed by atoms with E-state index in [2.05, 4.69) is 10.3 Å². The molecule has 0 saturated carbocycles. The summed E-state index contributed by atoms with van der Waals surface area (Å²) in [4.78, 5) is 15.8. The van der Waals surface area contributed by atoms with Crippen molar-refractivity contribution in [1.29, 1.82) is 0 Å². The molecule has 3 N–H and O–H groups in total. The second-order valence-corrected chi connectivity index (χ2v) is 3.51. The maximum atomic E-state index is 11.8. The van der Waals surface area contributed by atoms with Crippen molar-refractivity contribution in [3.05, 3.63) is 42.0 Å². The lowest BCUT2D eigenvalue weighted by Crippen LogP contribution is -2.11. The van der Waals surface area contributed by atoms with Gasteiger partial charge >= 0.3 is 0 Å². The van der Waals surface area contributed by atoms with Gasteiger partial charge in [0.05, 0.1) is 25.5 Å². The summed E-state index contributed by atoms with van der Waals surface area (Å²) >= 11 is 0. The molecule has 0 fully saturated rings. The first-order valence-corrected chi connectivity index (χ1v) is 5.33. The third-order valence-electron chi connectivity index (χ3n) is 2.29. The number of amides is 1. The van der Waals surface area contributed by atoms with Crippen LogP contribution in [-0.2, 0) is 6.54 Å². The first-order chi connectivity index (χ1) is 8.72. The molecular weight excluding hydrogens is 234 g/mol. The van der Waals surface area contributed by atoms with Crippen LogP contribution >= 0.6 is 0 Å². The molecule has 18 heavy (non-hydrogen) atoms. The predicted molar refractivity (Wildman–Crippen MR) is 65.3 cm³/mol. The minimum atomic E-state index is -0.346. The number of pyridine rings is 1. The molecule has 6 heteroatoms. The fourth-order valence-corrected chi connectivity index (χ4v) is 1.38. The van der Waals surface area contributed by atoms with Crippen LogP contribution in [0.15, 0.2) is 34.9 Å². The lowest BCUT2D eigenvalue weighted by molar-refractivity contribution is 0.0995. The zero-order chi connectivity index (χ0) is 13.0. The van der Waals surface area contributed by atoms with Crippen LogP contribution < -0.4 is 15.8 Å². The van der Waals surface area contributed by atoms with E-state index >= 15 is 0 Å². The molecule has 2 aromatic heterocycles. The third-order valence-corrected chi connectivity index (χ3v) is 2.29. The van der Waals surface area contributed by atoms with Crippen LogP contribution in [0.3, 0.4) is 0 Å². The molecule has 0 aromatic carbocycles. The Morgan fingerprint density at radius 1 is 1.44 bits per heavy atom. The topological polar surface area (TPSA) is 90.4 Å². The summed E-state index contributed by atoms with van der Waals surface area (Å²) in [5.74, 6) is 0.914. The van der Waals surface area contributed by atoms with E-state index in [1.807, 2.05) is 0 Å². The van der Waals surface area contributed by atoms with E-state index in [1.165, 1.54) is 13.3 Å². The van der Waals surface area contributed by atoms with Gasteiger partial charge in [0.15, 0.2) is 5.76 Å². The summed E-state index contributed by atoms with van der Waals surface area (Å²) in [5, 5.41) is 2.66. The number of carbonyl (C=O) groups excluding carboxylic acids is 1. The van der Waals surface area contributed by atoms with Gasteiger partial charge in [0.1, 0.15) is 5.76 Å². The van der Waals surface area contributed by atoms with Crippen molar-refractivity contribution in [2.75, 3.05) is 12.4 Å². The highest BCUT2D eigenvalue weighted by molar-refractivity contribution is 6.02. The number of anilines is 1.